The minimum Gasteiger partial charge on any atom is -0.378 e. The van der Waals surface area contributed by atoms with E-state index in [1.807, 2.05) is 0 Å². The van der Waals surface area contributed by atoms with E-state index in [0.29, 0.717) is 11.5 Å². The van der Waals surface area contributed by atoms with Crippen LogP contribution in [0.15, 0.2) is 0 Å². The largest absolute Gasteiger partial charge is 0.378 e. The molecule has 2 unspecified atom stereocenters. The summed E-state index contributed by atoms with van der Waals surface area (Å²) in [6.45, 7) is 5.43. The van der Waals surface area contributed by atoms with Gasteiger partial charge in [-0.05, 0) is 25.2 Å². The summed E-state index contributed by atoms with van der Waals surface area (Å²) >= 11 is 0. The second-order valence-corrected chi connectivity index (χ2v) is 4.20. The van der Waals surface area contributed by atoms with Crippen LogP contribution in [-0.4, -0.2) is 28.4 Å². The molecule has 1 heterocycles. The zero-order valence-corrected chi connectivity index (χ0v) is 8.18. The summed E-state index contributed by atoms with van der Waals surface area (Å²) < 4.78 is 5.62. The highest BCUT2D eigenvalue weighted by Gasteiger charge is 2.38. The van der Waals surface area contributed by atoms with Crippen molar-refractivity contribution in [3.05, 3.63) is 0 Å². The number of hydrogen-bond acceptors (Lipinski definition) is 1. The Kier molecular flexibility index (Phi) is 2.69. The molecule has 1 fully saturated rings. The molecule has 1 rings (SSSR count). The van der Waals surface area contributed by atoms with Crippen LogP contribution in [0.1, 0.15) is 26.7 Å². The van der Waals surface area contributed by atoms with Crippen LogP contribution in [0, 0.1) is 5.41 Å². The van der Waals surface area contributed by atoms with Crippen LogP contribution in [0.3, 0.4) is 0 Å². The molecule has 0 aromatic heterocycles. The minimum atomic E-state index is 0.484. The van der Waals surface area contributed by atoms with Gasteiger partial charge in [0, 0.05) is 0 Å². The molecule has 0 aromatic carbocycles. The van der Waals surface area contributed by atoms with Crippen LogP contribution < -0.4 is 0 Å². The van der Waals surface area contributed by atoms with E-state index < -0.39 is 0 Å². The van der Waals surface area contributed by atoms with Crippen molar-refractivity contribution in [3.63, 3.8) is 0 Å². The lowest BCUT2D eigenvalue weighted by Crippen LogP contribution is -2.27. The molecule has 1 aliphatic heterocycles. The highest BCUT2D eigenvalue weighted by Crippen LogP contribution is 2.42. The monoisotopic (exact) mass is 152 g/mol. The van der Waals surface area contributed by atoms with Gasteiger partial charge in [0.1, 0.15) is 0 Å². The molecule has 1 aliphatic rings. The van der Waals surface area contributed by atoms with E-state index in [9.17, 15) is 0 Å². The molecule has 0 saturated carbocycles. The highest BCUT2D eigenvalue weighted by molar-refractivity contribution is 6.36. The molecule has 1 nitrogen and oxygen atoms in total. The predicted molar refractivity (Wildman–Crippen MR) is 53.6 cm³/mol. The molecule has 0 amide bonds. The van der Waals surface area contributed by atoms with Crippen LogP contribution >= 0.6 is 0 Å². The quantitative estimate of drug-likeness (QED) is 0.513. The van der Waals surface area contributed by atoms with Crippen molar-refractivity contribution in [2.24, 2.45) is 5.41 Å². The first-order valence-corrected chi connectivity index (χ1v) is 4.72. The van der Waals surface area contributed by atoms with Gasteiger partial charge in [0.15, 0.2) is 0 Å². The Hall–Kier alpha value is 0.0899. The second-order valence-electron chi connectivity index (χ2n) is 4.20. The average molecular weight is 152 g/mol. The van der Waals surface area contributed by atoms with Gasteiger partial charge in [0.05, 0.1) is 28.4 Å². The number of ether oxygens (including phenoxy) is 1. The van der Waals surface area contributed by atoms with E-state index in [2.05, 4.69) is 29.5 Å². The van der Waals surface area contributed by atoms with Crippen LogP contribution in [0.2, 0.25) is 5.72 Å². The third-order valence-corrected chi connectivity index (χ3v) is 3.28. The molecule has 0 spiro atoms. The van der Waals surface area contributed by atoms with Crippen molar-refractivity contribution >= 4 is 15.7 Å². The topological polar surface area (TPSA) is 9.23 Å². The van der Waals surface area contributed by atoms with E-state index in [4.69, 9.17) is 4.74 Å². The molecule has 1 saturated heterocycles. The zero-order valence-electron chi connectivity index (χ0n) is 8.18. The van der Waals surface area contributed by atoms with Gasteiger partial charge < -0.3 is 4.74 Å². The summed E-state index contributed by atoms with van der Waals surface area (Å²) in [5.41, 5.74) is 1.25. The van der Waals surface area contributed by atoms with E-state index in [-0.39, 0.29) is 0 Å². The SMILES string of the molecule is BC(B)C1(CC)COC(C)C1. The Morgan fingerprint density at radius 1 is 1.64 bits per heavy atom. The van der Waals surface area contributed by atoms with Crippen molar-refractivity contribution in [1.82, 2.24) is 0 Å². The first kappa shape index (κ1) is 9.18. The fourth-order valence-corrected chi connectivity index (χ4v) is 2.06. The van der Waals surface area contributed by atoms with Crippen molar-refractivity contribution < 1.29 is 4.74 Å². The highest BCUT2D eigenvalue weighted by atomic mass is 16.5. The molecule has 62 valence electrons. The molecule has 0 bridgehead atoms. The first-order valence-electron chi connectivity index (χ1n) is 4.72. The summed E-state index contributed by atoms with van der Waals surface area (Å²) in [5, 5.41) is 0. The lowest BCUT2D eigenvalue weighted by molar-refractivity contribution is 0.106. The lowest BCUT2D eigenvalue weighted by atomic mass is 9.53. The third-order valence-electron chi connectivity index (χ3n) is 3.28. The van der Waals surface area contributed by atoms with Gasteiger partial charge in [0.25, 0.3) is 0 Å². The summed E-state index contributed by atoms with van der Waals surface area (Å²) in [5.74, 6) is 0. The Balaban J connectivity index is 2.62. The van der Waals surface area contributed by atoms with Crippen molar-refractivity contribution in [3.8, 4) is 0 Å². The van der Waals surface area contributed by atoms with Gasteiger partial charge in [-0.3, -0.25) is 0 Å². The van der Waals surface area contributed by atoms with E-state index in [0.717, 1.165) is 12.3 Å². The van der Waals surface area contributed by atoms with Crippen LogP contribution in [0.4, 0.5) is 0 Å². The maximum Gasteiger partial charge on any atom is 0.0964 e. The molecule has 3 heteroatoms. The Bertz CT molecular complexity index is 138. The summed E-state index contributed by atoms with van der Waals surface area (Å²) in [6, 6.07) is 0. The fraction of sp³-hybridized carbons (Fsp3) is 1.00. The van der Waals surface area contributed by atoms with Gasteiger partial charge in [-0.2, -0.15) is 0 Å². The molecule has 2 atom stereocenters. The van der Waals surface area contributed by atoms with E-state index in [1.54, 1.807) is 0 Å². The van der Waals surface area contributed by atoms with E-state index in [1.165, 1.54) is 12.8 Å². The molecule has 0 aliphatic carbocycles. The van der Waals surface area contributed by atoms with Crippen molar-refractivity contribution in [1.29, 1.82) is 0 Å². The minimum absolute atomic E-state index is 0.484. The van der Waals surface area contributed by atoms with E-state index >= 15 is 0 Å². The first-order chi connectivity index (χ1) is 5.10. The van der Waals surface area contributed by atoms with Crippen molar-refractivity contribution in [2.75, 3.05) is 6.61 Å². The smallest absolute Gasteiger partial charge is 0.0964 e. The normalized spacial score (nSPS) is 38.3. The van der Waals surface area contributed by atoms with Crippen LogP contribution in [0.25, 0.3) is 0 Å². The summed E-state index contributed by atoms with van der Waals surface area (Å²) in [7, 11) is 4.62. The molecule has 0 radical (unpaired) electrons. The van der Waals surface area contributed by atoms with Gasteiger partial charge in [-0.1, -0.05) is 12.6 Å². The molecular formula is C8H18B2O. The third kappa shape index (κ3) is 1.64. The standard InChI is InChI=1S/C8H18B2O/c1-3-8(7(9)10)4-6(2)11-5-8/h6-7H,3-5,9-10H2,1-2H3. The Labute approximate surface area is 71.7 Å². The molecule has 11 heavy (non-hydrogen) atoms. The average Bonchev–Trinajstić information content (AvgIpc) is 2.33. The van der Waals surface area contributed by atoms with Gasteiger partial charge in [-0.25, -0.2) is 0 Å². The summed E-state index contributed by atoms with van der Waals surface area (Å²) in [6.07, 6.45) is 2.99. The number of hydrogen-bond donors (Lipinski definition) is 0. The van der Waals surface area contributed by atoms with Gasteiger partial charge in [-0.15, -0.1) is 0 Å². The summed E-state index contributed by atoms with van der Waals surface area (Å²) in [4.78, 5) is 0. The van der Waals surface area contributed by atoms with Gasteiger partial charge >= 0.3 is 0 Å². The fourth-order valence-electron chi connectivity index (χ4n) is 2.06. The Morgan fingerprint density at radius 2 is 2.27 bits per heavy atom. The zero-order chi connectivity index (χ0) is 8.48. The number of rotatable bonds is 2. The van der Waals surface area contributed by atoms with Gasteiger partial charge in [0.2, 0.25) is 0 Å². The molecule has 0 N–H and O–H groups in total. The van der Waals surface area contributed by atoms with Crippen LogP contribution in [0.5, 0.6) is 0 Å². The predicted octanol–water partition coefficient (Wildman–Crippen LogP) is 0.204. The maximum atomic E-state index is 5.62. The maximum absolute atomic E-state index is 5.62. The van der Waals surface area contributed by atoms with Crippen molar-refractivity contribution in [2.45, 2.75) is 38.5 Å². The lowest BCUT2D eigenvalue weighted by Gasteiger charge is -2.30. The Morgan fingerprint density at radius 3 is 2.45 bits per heavy atom. The second kappa shape index (κ2) is 3.22. The molecule has 0 aromatic rings. The van der Waals surface area contributed by atoms with Crippen LogP contribution in [-0.2, 0) is 4.74 Å². The molecular weight excluding hydrogens is 134 g/mol.